The zero-order chi connectivity index (χ0) is 70.4. The van der Waals surface area contributed by atoms with Crippen molar-refractivity contribution in [2.45, 2.75) is 437 Å². The molecule has 97 heavy (non-hydrogen) atoms. The molecule has 0 aliphatic carbocycles. The van der Waals surface area contributed by atoms with Gasteiger partial charge in [0.2, 0.25) is 0 Å². The van der Waals surface area contributed by atoms with Gasteiger partial charge in [-0.3, -0.25) is 9.59 Å². The van der Waals surface area contributed by atoms with Crippen LogP contribution in [0.5, 0.6) is 0 Å². The van der Waals surface area contributed by atoms with E-state index in [-0.39, 0.29) is 32.2 Å². The highest BCUT2D eigenvalue weighted by Crippen LogP contribution is 2.20. The van der Waals surface area contributed by atoms with Crippen LogP contribution < -0.4 is 5.11 Å². The van der Waals surface area contributed by atoms with Crippen LogP contribution in [0.25, 0.3) is 0 Å². The minimum absolute atomic E-state index is 0.149. The van der Waals surface area contributed by atoms with E-state index < -0.39 is 24.3 Å². The summed E-state index contributed by atoms with van der Waals surface area (Å²) in [5.41, 5.74) is 0. The SMILES string of the molecule is CCCCCCC/C=C\C/C=C\C/C=C\CCCCCCCCCCCCCCCCCCC(=O)OC(COC(=O)CCCCCCCCCCCCCCCCCCCCCCCCCCCCCCC/C=C\C/C=C\CCCCCCC)COC(OCC[N+](C)(C)C)C(=O)[O-]. The molecular formula is C88H163NO8. The summed E-state index contributed by atoms with van der Waals surface area (Å²) < 4.78 is 22.9. The molecule has 0 rings (SSSR count). The second-order valence-electron chi connectivity index (χ2n) is 30.1. The maximum Gasteiger partial charge on any atom is 0.306 e. The number of carboxylic acids is 1. The van der Waals surface area contributed by atoms with Crippen molar-refractivity contribution in [3.63, 3.8) is 0 Å². The van der Waals surface area contributed by atoms with E-state index in [9.17, 15) is 19.5 Å². The first-order chi connectivity index (χ1) is 47.6. The highest BCUT2D eigenvalue weighted by Gasteiger charge is 2.22. The summed E-state index contributed by atoms with van der Waals surface area (Å²) in [5, 5.41) is 11.9. The third kappa shape index (κ3) is 80.2. The van der Waals surface area contributed by atoms with Gasteiger partial charge < -0.3 is 33.3 Å². The van der Waals surface area contributed by atoms with E-state index in [1.54, 1.807) is 0 Å². The number of allylic oxidation sites excluding steroid dienone is 10. The number of esters is 2. The molecule has 0 aromatic carbocycles. The van der Waals surface area contributed by atoms with Crippen molar-refractivity contribution in [3.8, 4) is 0 Å². The third-order valence-corrected chi connectivity index (χ3v) is 19.2. The summed E-state index contributed by atoms with van der Waals surface area (Å²) in [5.74, 6) is -2.25. The zero-order valence-electron chi connectivity index (χ0n) is 65.2. The Labute approximate surface area is 603 Å². The van der Waals surface area contributed by atoms with Crippen LogP contribution in [0.4, 0.5) is 0 Å². The summed E-state index contributed by atoms with van der Waals surface area (Å²) >= 11 is 0. The van der Waals surface area contributed by atoms with Gasteiger partial charge in [0.1, 0.15) is 13.2 Å². The molecule has 0 aliphatic rings. The van der Waals surface area contributed by atoms with Gasteiger partial charge in [0.15, 0.2) is 12.4 Å². The number of aliphatic carboxylic acids is 1. The Morgan fingerprint density at radius 1 is 0.309 bits per heavy atom. The Bertz CT molecular complexity index is 1780. The van der Waals surface area contributed by atoms with Crippen LogP contribution in [0.2, 0.25) is 0 Å². The normalized spacial score (nSPS) is 12.9. The van der Waals surface area contributed by atoms with Gasteiger partial charge in [0.05, 0.1) is 40.3 Å². The Balaban J connectivity index is 3.93. The van der Waals surface area contributed by atoms with Gasteiger partial charge in [0, 0.05) is 12.8 Å². The number of unbranched alkanes of at least 4 members (excludes halogenated alkanes) is 55. The highest BCUT2D eigenvalue weighted by molar-refractivity contribution is 5.70. The Kier molecular flexibility index (Phi) is 76.3. The average Bonchev–Trinajstić information content (AvgIpc) is 2.39. The number of hydrogen-bond acceptors (Lipinski definition) is 8. The van der Waals surface area contributed by atoms with Crippen molar-refractivity contribution in [2.24, 2.45) is 0 Å². The summed E-state index contributed by atoms with van der Waals surface area (Å²) in [6.45, 7) is 4.79. The van der Waals surface area contributed by atoms with Crippen molar-refractivity contribution in [3.05, 3.63) is 60.8 Å². The largest absolute Gasteiger partial charge is 0.545 e. The summed E-state index contributed by atoms with van der Waals surface area (Å²) in [7, 11) is 5.95. The zero-order valence-corrected chi connectivity index (χ0v) is 65.2. The van der Waals surface area contributed by atoms with Gasteiger partial charge in [-0.2, -0.15) is 0 Å². The lowest BCUT2D eigenvalue weighted by Crippen LogP contribution is -2.44. The molecule has 0 bridgehead atoms. The number of rotatable bonds is 80. The fourth-order valence-electron chi connectivity index (χ4n) is 12.8. The second kappa shape index (κ2) is 78.7. The second-order valence-corrected chi connectivity index (χ2v) is 30.1. The monoisotopic (exact) mass is 1360 g/mol. The first kappa shape index (κ1) is 94.0. The smallest absolute Gasteiger partial charge is 0.306 e. The molecule has 0 fully saturated rings. The number of ether oxygens (including phenoxy) is 4. The van der Waals surface area contributed by atoms with E-state index in [2.05, 4.69) is 74.6 Å². The van der Waals surface area contributed by atoms with E-state index in [1.807, 2.05) is 21.1 Å². The van der Waals surface area contributed by atoms with Crippen LogP contribution >= 0.6 is 0 Å². The van der Waals surface area contributed by atoms with Crippen LogP contribution in [0.15, 0.2) is 60.8 Å². The molecule has 0 amide bonds. The first-order valence-corrected chi connectivity index (χ1v) is 42.4. The number of quaternary nitrogens is 1. The molecule has 9 nitrogen and oxygen atoms in total. The highest BCUT2D eigenvalue weighted by atomic mass is 16.7. The van der Waals surface area contributed by atoms with E-state index in [1.165, 1.54) is 340 Å². The van der Waals surface area contributed by atoms with Crippen LogP contribution in [-0.4, -0.2) is 82.3 Å². The maximum atomic E-state index is 13.0. The van der Waals surface area contributed by atoms with Crippen LogP contribution in [-0.2, 0) is 33.3 Å². The van der Waals surface area contributed by atoms with Crippen LogP contribution in [0, 0.1) is 0 Å². The predicted octanol–water partition coefficient (Wildman–Crippen LogP) is 26.0. The molecule has 2 atom stereocenters. The topological polar surface area (TPSA) is 111 Å². The van der Waals surface area contributed by atoms with Gasteiger partial charge in [0.25, 0.3) is 0 Å². The van der Waals surface area contributed by atoms with Gasteiger partial charge in [-0.25, -0.2) is 0 Å². The third-order valence-electron chi connectivity index (χ3n) is 19.2. The number of carbonyl (C=O) groups excluding carboxylic acids is 3. The van der Waals surface area contributed by atoms with Crippen molar-refractivity contribution in [1.82, 2.24) is 0 Å². The van der Waals surface area contributed by atoms with E-state index >= 15 is 0 Å². The van der Waals surface area contributed by atoms with Crippen molar-refractivity contribution >= 4 is 17.9 Å². The maximum absolute atomic E-state index is 13.0. The van der Waals surface area contributed by atoms with Crippen LogP contribution in [0.3, 0.4) is 0 Å². The molecule has 0 radical (unpaired) electrons. The lowest BCUT2D eigenvalue weighted by Gasteiger charge is -2.26. The first-order valence-electron chi connectivity index (χ1n) is 42.4. The number of carbonyl (C=O) groups is 3. The van der Waals surface area contributed by atoms with Crippen molar-refractivity contribution in [2.75, 3.05) is 47.5 Å². The van der Waals surface area contributed by atoms with E-state index in [4.69, 9.17) is 18.9 Å². The molecule has 9 heteroatoms. The van der Waals surface area contributed by atoms with Gasteiger partial charge in [-0.1, -0.05) is 389 Å². The fraction of sp³-hybridized carbons (Fsp3) is 0.852. The fourth-order valence-corrected chi connectivity index (χ4v) is 12.8. The quantitative estimate of drug-likeness (QED) is 0.0195. The van der Waals surface area contributed by atoms with Gasteiger partial charge in [-0.15, -0.1) is 0 Å². The van der Waals surface area contributed by atoms with Crippen molar-refractivity contribution < 1.29 is 42.9 Å². The molecule has 0 spiro atoms. The standard InChI is InChI=1S/C88H163NO8/c1-6-8-10-12-14-16-18-20-22-24-26-28-30-32-34-36-38-39-40-41-42-43-44-45-46-47-49-50-52-54-56-58-60-62-64-66-68-70-72-74-76-78-85(90)95-82-84(83-96-88(87(92)93)94-81-80-89(3,4)5)97-86(91)79-77-75-73-71-69-67-65-63-61-59-57-55-53-51-48-37-35-33-31-29-27-25-23-21-19-17-15-13-11-9-7-2/h18-21,24-27,31,33,84,88H,6-17,22-23,28-30,32,34-83H2,1-5H3/b20-18-,21-19-,26-24-,27-25-,33-31-. The van der Waals surface area contributed by atoms with Gasteiger partial charge in [-0.05, 0) is 83.5 Å². The number of hydrogen-bond donors (Lipinski definition) is 0. The number of likely N-dealkylation sites (N-methyl/N-ethyl adjacent to an activating group) is 1. The number of carboxylic acid groups (broad SMARTS) is 1. The van der Waals surface area contributed by atoms with E-state index in [0.29, 0.717) is 23.9 Å². The molecule has 0 aromatic rings. The molecule has 0 aliphatic heterocycles. The Morgan fingerprint density at radius 2 is 0.557 bits per heavy atom. The molecule has 568 valence electrons. The Hall–Kier alpha value is -3.01. The molecule has 0 saturated heterocycles. The van der Waals surface area contributed by atoms with Crippen molar-refractivity contribution in [1.29, 1.82) is 0 Å². The minimum atomic E-state index is -1.62. The summed E-state index contributed by atoms with van der Waals surface area (Å²) in [6, 6.07) is 0. The summed E-state index contributed by atoms with van der Waals surface area (Å²) in [6.07, 6.45) is 102. The van der Waals surface area contributed by atoms with Crippen LogP contribution in [0.1, 0.15) is 425 Å². The molecule has 0 saturated carbocycles. The molecular weight excluding hydrogens is 1200 g/mol. The molecule has 0 N–H and O–H groups in total. The minimum Gasteiger partial charge on any atom is -0.545 e. The lowest BCUT2D eigenvalue weighted by atomic mass is 10.0. The van der Waals surface area contributed by atoms with E-state index in [0.717, 1.165) is 51.4 Å². The molecule has 2 unspecified atom stereocenters. The lowest BCUT2D eigenvalue weighted by molar-refractivity contribution is -0.870. The molecule has 0 heterocycles. The molecule has 0 aromatic heterocycles. The Morgan fingerprint density at radius 3 is 0.825 bits per heavy atom. The average molecular weight is 1360 g/mol. The predicted molar refractivity (Wildman–Crippen MR) is 417 cm³/mol. The summed E-state index contributed by atoms with van der Waals surface area (Å²) in [4.78, 5) is 37.6. The van der Waals surface area contributed by atoms with Gasteiger partial charge >= 0.3 is 11.9 Å². The number of nitrogens with zero attached hydrogens (tertiary/aromatic N) is 1.